The molecule has 4 nitrogen and oxygen atoms in total. The summed E-state index contributed by atoms with van der Waals surface area (Å²) in [4.78, 5) is 0.278. The van der Waals surface area contributed by atoms with Crippen molar-refractivity contribution in [2.24, 2.45) is 11.1 Å². The Kier molecular flexibility index (Phi) is 5.19. The van der Waals surface area contributed by atoms with Gasteiger partial charge in [-0.15, -0.1) is 0 Å². The van der Waals surface area contributed by atoms with E-state index in [0.29, 0.717) is 0 Å². The van der Waals surface area contributed by atoms with Gasteiger partial charge in [-0.2, -0.15) is 5.26 Å². The third-order valence-corrected chi connectivity index (χ3v) is 2.74. The highest BCUT2D eigenvalue weighted by Gasteiger charge is 2.33. The second kappa shape index (κ2) is 5.63. The van der Waals surface area contributed by atoms with Gasteiger partial charge in [0.2, 0.25) is 0 Å². The van der Waals surface area contributed by atoms with Crippen LogP contribution in [-0.2, 0) is 4.74 Å². The Morgan fingerprint density at radius 2 is 2.27 bits per heavy atom. The molecular weight excluding hydrogens is 230 g/mol. The van der Waals surface area contributed by atoms with Crippen molar-refractivity contribution in [3.63, 3.8) is 0 Å². The molecular formula is C9H13N3OS2. The maximum absolute atomic E-state index is 8.96. The molecule has 2 unspecified atom stereocenters. The van der Waals surface area contributed by atoms with E-state index in [-0.39, 0.29) is 16.2 Å². The summed E-state index contributed by atoms with van der Waals surface area (Å²) in [6, 6.07) is 1.97. The van der Waals surface area contributed by atoms with Crippen LogP contribution in [0.1, 0.15) is 13.8 Å². The maximum atomic E-state index is 8.96. The standard InChI is InChI=1S/C9H13N3OS2/c1-4-13-6(2)12-8(15)9(3,5-10)7(11)14/h4,6H,1H2,2-3H3,(H2,11,14)(H,12,15). The van der Waals surface area contributed by atoms with E-state index in [4.69, 9.17) is 40.2 Å². The van der Waals surface area contributed by atoms with Crippen LogP contribution in [0.3, 0.4) is 0 Å². The van der Waals surface area contributed by atoms with Crippen LogP contribution in [0, 0.1) is 16.7 Å². The minimum atomic E-state index is -1.15. The number of nitrogens with zero attached hydrogens (tertiary/aromatic N) is 1. The lowest BCUT2D eigenvalue weighted by molar-refractivity contribution is 0.149. The molecule has 0 saturated heterocycles. The van der Waals surface area contributed by atoms with Crippen LogP contribution in [0.25, 0.3) is 0 Å². The van der Waals surface area contributed by atoms with Crippen molar-refractivity contribution >= 4 is 34.4 Å². The molecule has 0 spiro atoms. The van der Waals surface area contributed by atoms with Crippen molar-refractivity contribution in [3.05, 3.63) is 12.8 Å². The van der Waals surface area contributed by atoms with Gasteiger partial charge in [0.1, 0.15) is 4.99 Å². The van der Waals surface area contributed by atoms with E-state index < -0.39 is 5.41 Å². The van der Waals surface area contributed by atoms with Crippen LogP contribution >= 0.6 is 24.4 Å². The number of thiocarbonyl (C=S) groups is 2. The van der Waals surface area contributed by atoms with Crippen LogP contribution in [0.5, 0.6) is 0 Å². The van der Waals surface area contributed by atoms with Gasteiger partial charge in [0, 0.05) is 0 Å². The molecule has 0 aromatic heterocycles. The van der Waals surface area contributed by atoms with Crippen LogP contribution in [0.4, 0.5) is 0 Å². The molecule has 0 aromatic carbocycles. The number of nitriles is 1. The number of nitrogens with two attached hydrogens (primary N) is 1. The molecule has 2 atom stereocenters. The molecule has 0 aliphatic carbocycles. The van der Waals surface area contributed by atoms with Gasteiger partial charge in [-0.1, -0.05) is 31.0 Å². The fourth-order valence-corrected chi connectivity index (χ4v) is 1.26. The van der Waals surface area contributed by atoms with Gasteiger partial charge in [0.05, 0.1) is 17.3 Å². The molecule has 82 valence electrons. The minimum Gasteiger partial charge on any atom is -0.479 e. The molecule has 0 bridgehead atoms. The molecule has 3 N–H and O–H groups in total. The Balaban J connectivity index is 4.63. The second-order valence-corrected chi connectivity index (χ2v) is 3.87. The number of hydrogen-bond donors (Lipinski definition) is 2. The topological polar surface area (TPSA) is 71.1 Å². The van der Waals surface area contributed by atoms with E-state index in [1.165, 1.54) is 6.26 Å². The Morgan fingerprint density at radius 3 is 2.60 bits per heavy atom. The van der Waals surface area contributed by atoms with E-state index >= 15 is 0 Å². The molecule has 0 aromatic rings. The molecule has 15 heavy (non-hydrogen) atoms. The number of ether oxygens (including phenoxy) is 1. The van der Waals surface area contributed by atoms with Crippen LogP contribution in [0.2, 0.25) is 0 Å². The predicted molar refractivity (Wildman–Crippen MR) is 67.0 cm³/mol. The normalized spacial score (nSPS) is 15.3. The lowest BCUT2D eigenvalue weighted by atomic mass is 9.92. The van der Waals surface area contributed by atoms with Crippen molar-refractivity contribution in [1.82, 2.24) is 5.32 Å². The SMILES string of the molecule is C=COC(C)NC(=S)C(C)(C#N)C(N)=S. The first kappa shape index (κ1) is 13.8. The van der Waals surface area contributed by atoms with Crippen LogP contribution in [-0.4, -0.2) is 16.2 Å². The Labute approximate surface area is 100 Å². The summed E-state index contributed by atoms with van der Waals surface area (Å²) in [6.45, 7) is 6.69. The Morgan fingerprint density at radius 1 is 1.73 bits per heavy atom. The van der Waals surface area contributed by atoms with E-state index in [1.54, 1.807) is 13.8 Å². The quantitative estimate of drug-likeness (QED) is 0.430. The third-order valence-electron chi connectivity index (χ3n) is 1.81. The van der Waals surface area contributed by atoms with Crippen molar-refractivity contribution in [1.29, 1.82) is 5.26 Å². The van der Waals surface area contributed by atoms with Gasteiger partial charge in [-0.25, -0.2) is 0 Å². The smallest absolute Gasteiger partial charge is 0.166 e. The predicted octanol–water partition coefficient (Wildman–Crippen LogP) is 1.23. The summed E-state index contributed by atoms with van der Waals surface area (Å²) in [5.74, 6) is 0. The molecule has 0 aliphatic heterocycles. The number of hydrogen-bond acceptors (Lipinski definition) is 4. The molecule has 6 heteroatoms. The van der Waals surface area contributed by atoms with Crippen molar-refractivity contribution < 1.29 is 4.74 Å². The maximum Gasteiger partial charge on any atom is 0.166 e. The molecule has 0 radical (unpaired) electrons. The summed E-state index contributed by atoms with van der Waals surface area (Å²) < 4.78 is 5.00. The summed E-state index contributed by atoms with van der Waals surface area (Å²) in [5, 5.41) is 11.8. The van der Waals surface area contributed by atoms with Gasteiger partial charge in [0.15, 0.2) is 11.6 Å². The molecule has 0 saturated carbocycles. The fourth-order valence-electron chi connectivity index (χ4n) is 0.725. The molecule has 0 fully saturated rings. The van der Waals surface area contributed by atoms with E-state index in [1.807, 2.05) is 6.07 Å². The highest BCUT2D eigenvalue weighted by molar-refractivity contribution is 7.82. The van der Waals surface area contributed by atoms with E-state index in [9.17, 15) is 0 Å². The highest BCUT2D eigenvalue weighted by atomic mass is 32.1. The lowest BCUT2D eigenvalue weighted by Gasteiger charge is -2.24. The summed E-state index contributed by atoms with van der Waals surface area (Å²) in [7, 11) is 0. The van der Waals surface area contributed by atoms with Crippen molar-refractivity contribution in [2.45, 2.75) is 20.1 Å². The average Bonchev–Trinajstić information content (AvgIpc) is 2.16. The molecule has 0 aliphatic rings. The summed E-state index contributed by atoms with van der Waals surface area (Å²) in [5.41, 5.74) is 4.30. The van der Waals surface area contributed by atoms with Crippen LogP contribution < -0.4 is 11.1 Å². The number of nitrogens with one attached hydrogen (secondary N) is 1. The first-order chi connectivity index (χ1) is 6.88. The van der Waals surface area contributed by atoms with Gasteiger partial charge < -0.3 is 15.8 Å². The third kappa shape index (κ3) is 3.46. The van der Waals surface area contributed by atoms with E-state index in [2.05, 4.69) is 11.9 Å². The number of rotatable bonds is 5. The van der Waals surface area contributed by atoms with Gasteiger partial charge in [-0.3, -0.25) is 0 Å². The first-order valence-corrected chi connectivity index (χ1v) is 4.98. The van der Waals surface area contributed by atoms with Gasteiger partial charge in [-0.05, 0) is 13.8 Å². The zero-order chi connectivity index (χ0) is 12.1. The average molecular weight is 243 g/mol. The van der Waals surface area contributed by atoms with Crippen LogP contribution in [0.15, 0.2) is 12.8 Å². The monoisotopic (exact) mass is 243 g/mol. The fraction of sp³-hybridized carbons (Fsp3) is 0.444. The Hall–Kier alpha value is -1.19. The highest BCUT2D eigenvalue weighted by Crippen LogP contribution is 2.17. The van der Waals surface area contributed by atoms with Gasteiger partial charge >= 0.3 is 0 Å². The van der Waals surface area contributed by atoms with E-state index in [0.717, 1.165) is 0 Å². The Bertz CT molecular complexity index is 324. The van der Waals surface area contributed by atoms with Crippen molar-refractivity contribution in [3.8, 4) is 6.07 Å². The largest absolute Gasteiger partial charge is 0.479 e. The molecule has 0 rings (SSSR count). The zero-order valence-electron chi connectivity index (χ0n) is 8.61. The first-order valence-electron chi connectivity index (χ1n) is 4.17. The molecule has 0 amide bonds. The second-order valence-electron chi connectivity index (χ2n) is 3.02. The lowest BCUT2D eigenvalue weighted by Crippen LogP contribution is -2.47. The van der Waals surface area contributed by atoms with Gasteiger partial charge in [0.25, 0.3) is 0 Å². The summed E-state index contributed by atoms with van der Waals surface area (Å²) >= 11 is 9.83. The molecule has 0 heterocycles. The van der Waals surface area contributed by atoms with Crippen molar-refractivity contribution in [2.75, 3.05) is 0 Å². The summed E-state index contributed by atoms with van der Waals surface area (Å²) in [6.07, 6.45) is 0.905. The minimum absolute atomic E-state index is 0.0355. The zero-order valence-corrected chi connectivity index (χ0v) is 10.2.